The lowest BCUT2D eigenvalue weighted by Crippen LogP contribution is -2.29. The second-order valence-electron chi connectivity index (χ2n) is 4.01. The van der Waals surface area contributed by atoms with Crippen molar-refractivity contribution in [3.05, 3.63) is 28.8 Å². The van der Waals surface area contributed by atoms with E-state index in [9.17, 15) is 4.79 Å². The van der Waals surface area contributed by atoms with E-state index in [1.807, 2.05) is 19.1 Å². The zero-order valence-electron chi connectivity index (χ0n) is 10.8. The maximum atomic E-state index is 11.6. The molecular formula is C13H20Cl2N2O. The summed E-state index contributed by atoms with van der Waals surface area (Å²) in [5.74, 6) is -0.0581. The summed E-state index contributed by atoms with van der Waals surface area (Å²) in [6, 6.07) is 5.56. The number of carbonyl (C=O) groups is 1. The summed E-state index contributed by atoms with van der Waals surface area (Å²) in [4.78, 5) is 11.6. The fraction of sp³-hybridized carbons (Fsp3) is 0.462. The van der Waals surface area contributed by atoms with Crippen LogP contribution in [0.5, 0.6) is 0 Å². The Kier molecular flexibility index (Phi) is 8.81. The summed E-state index contributed by atoms with van der Waals surface area (Å²) in [6.45, 7) is 5.23. The highest BCUT2D eigenvalue weighted by molar-refractivity contribution is 6.33. The van der Waals surface area contributed by atoms with Crippen molar-refractivity contribution in [2.75, 3.05) is 18.4 Å². The van der Waals surface area contributed by atoms with Gasteiger partial charge in [-0.05, 0) is 31.5 Å². The Morgan fingerprint density at radius 3 is 2.72 bits per heavy atom. The van der Waals surface area contributed by atoms with Gasteiger partial charge in [0.2, 0.25) is 5.91 Å². The lowest BCUT2D eigenvalue weighted by Gasteiger charge is -2.10. The number of amides is 1. The third kappa shape index (κ3) is 5.71. The number of unbranched alkanes of at least 4 members (excludes halogenated alkanes) is 1. The number of carbonyl (C=O) groups excluding carboxylic acids is 1. The van der Waals surface area contributed by atoms with Crippen LogP contribution in [0, 0.1) is 6.92 Å². The number of hydrogen-bond acceptors (Lipinski definition) is 2. The van der Waals surface area contributed by atoms with Crippen molar-refractivity contribution in [2.24, 2.45) is 0 Å². The summed E-state index contributed by atoms with van der Waals surface area (Å²) in [6.07, 6.45) is 2.21. The lowest BCUT2D eigenvalue weighted by atomic mass is 10.2. The largest absolute Gasteiger partial charge is 0.323 e. The summed E-state index contributed by atoms with van der Waals surface area (Å²) in [7, 11) is 0. The van der Waals surface area contributed by atoms with Crippen molar-refractivity contribution in [1.29, 1.82) is 0 Å². The Morgan fingerprint density at radius 1 is 1.39 bits per heavy atom. The Labute approximate surface area is 120 Å². The van der Waals surface area contributed by atoms with Crippen LogP contribution in [0.2, 0.25) is 5.02 Å². The first-order chi connectivity index (χ1) is 8.15. The minimum atomic E-state index is -0.0581. The van der Waals surface area contributed by atoms with E-state index in [4.69, 9.17) is 11.6 Å². The molecule has 2 N–H and O–H groups in total. The number of rotatable bonds is 6. The van der Waals surface area contributed by atoms with Gasteiger partial charge in [-0.15, -0.1) is 12.4 Å². The molecule has 0 aliphatic rings. The highest BCUT2D eigenvalue weighted by Gasteiger charge is 2.07. The van der Waals surface area contributed by atoms with Crippen molar-refractivity contribution in [3.8, 4) is 0 Å². The Bertz CT molecular complexity index is 363. The molecule has 1 rings (SSSR count). The first-order valence-corrected chi connectivity index (χ1v) is 6.28. The third-order valence-corrected chi connectivity index (χ3v) is 2.79. The number of halogens is 2. The zero-order chi connectivity index (χ0) is 12.7. The third-order valence-electron chi connectivity index (χ3n) is 2.48. The second kappa shape index (κ2) is 9.20. The molecule has 0 atom stereocenters. The van der Waals surface area contributed by atoms with E-state index in [0.29, 0.717) is 17.3 Å². The van der Waals surface area contributed by atoms with Crippen LogP contribution >= 0.6 is 24.0 Å². The van der Waals surface area contributed by atoms with Crippen LogP contribution in [-0.2, 0) is 4.79 Å². The number of para-hydroxylation sites is 1. The quantitative estimate of drug-likeness (QED) is 0.789. The van der Waals surface area contributed by atoms with Gasteiger partial charge < -0.3 is 10.6 Å². The monoisotopic (exact) mass is 290 g/mol. The average molecular weight is 291 g/mol. The fourth-order valence-electron chi connectivity index (χ4n) is 1.48. The molecule has 5 heteroatoms. The number of anilines is 1. The van der Waals surface area contributed by atoms with E-state index in [-0.39, 0.29) is 18.3 Å². The van der Waals surface area contributed by atoms with Gasteiger partial charge in [-0.25, -0.2) is 0 Å². The van der Waals surface area contributed by atoms with Gasteiger partial charge in [0.1, 0.15) is 0 Å². The summed E-state index contributed by atoms with van der Waals surface area (Å²) in [5, 5.41) is 6.49. The first kappa shape index (κ1) is 17.2. The van der Waals surface area contributed by atoms with Crippen LogP contribution in [0.4, 0.5) is 5.69 Å². The van der Waals surface area contributed by atoms with Crippen molar-refractivity contribution >= 4 is 35.6 Å². The van der Waals surface area contributed by atoms with E-state index >= 15 is 0 Å². The molecule has 102 valence electrons. The Hall–Kier alpha value is -0.770. The van der Waals surface area contributed by atoms with Crippen LogP contribution in [0.1, 0.15) is 25.3 Å². The normalized spacial score (nSPS) is 9.72. The molecule has 0 fully saturated rings. The van der Waals surface area contributed by atoms with E-state index < -0.39 is 0 Å². The summed E-state index contributed by atoms with van der Waals surface area (Å²) < 4.78 is 0. The molecule has 18 heavy (non-hydrogen) atoms. The molecule has 0 unspecified atom stereocenters. The van der Waals surface area contributed by atoms with Crippen LogP contribution in [0.15, 0.2) is 18.2 Å². The molecule has 0 aromatic heterocycles. The number of hydrogen-bond donors (Lipinski definition) is 2. The molecule has 0 aliphatic carbocycles. The molecule has 0 saturated carbocycles. The zero-order valence-corrected chi connectivity index (χ0v) is 12.3. The molecule has 0 bridgehead atoms. The maximum Gasteiger partial charge on any atom is 0.238 e. The van der Waals surface area contributed by atoms with E-state index in [2.05, 4.69) is 17.6 Å². The van der Waals surface area contributed by atoms with Gasteiger partial charge in [0.15, 0.2) is 0 Å². The molecule has 1 aromatic rings. The highest BCUT2D eigenvalue weighted by atomic mass is 35.5. The average Bonchev–Trinajstić information content (AvgIpc) is 2.30. The Balaban J connectivity index is 0.00000289. The predicted molar refractivity (Wildman–Crippen MR) is 79.8 cm³/mol. The lowest BCUT2D eigenvalue weighted by molar-refractivity contribution is -0.115. The predicted octanol–water partition coefficient (Wildman–Crippen LogP) is 3.40. The minimum Gasteiger partial charge on any atom is -0.323 e. The van der Waals surface area contributed by atoms with Crippen LogP contribution < -0.4 is 10.6 Å². The molecule has 0 aliphatic heterocycles. The molecule has 0 saturated heterocycles. The van der Waals surface area contributed by atoms with Gasteiger partial charge >= 0.3 is 0 Å². The van der Waals surface area contributed by atoms with Crippen molar-refractivity contribution in [2.45, 2.75) is 26.7 Å². The number of benzene rings is 1. The smallest absolute Gasteiger partial charge is 0.238 e. The SMILES string of the molecule is CCCCNCC(=O)Nc1c(C)cccc1Cl.Cl. The van der Waals surface area contributed by atoms with Crippen molar-refractivity contribution < 1.29 is 4.79 Å². The maximum absolute atomic E-state index is 11.6. The number of nitrogens with one attached hydrogen (secondary N) is 2. The van der Waals surface area contributed by atoms with Gasteiger partial charge in [0, 0.05) is 0 Å². The van der Waals surface area contributed by atoms with Gasteiger partial charge in [-0.2, -0.15) is 0 Å². The molecule has 0 spiro atoms. The second-order valence-corrected chi connectivity index (χ2v) is 4.42. The van der Waals surface area contributed by atoms with Gasteiger partial charge in [-0.1, -0.05) is 37.1 Å². The standard InChI is InChI=1S/C13H19ClN2O.ClH/c1-3-4-8-15-9-12(17)16-13-10(2)6-5-7-11(13)14;/h5-7,15H,3-4,8-9H2,1-2H3,(H,16,17);1H. The molecule has 1 amide bonds. The molecular weight excluding hydrogens is 271 g/mol. The van der Waals surface area contributed by atoms with Gasteiger partial charge in [0.25, 0.3) is 0 Å². The summed E-state index contributed by atoms with van der Waals surface area (Å²) in [5.41, 5.74) is 1.68. The van der Waals surface area contributed by atoms with Gasteiger partial charge in [-0.3, -0.25) is 4.79 Å². The Morgan fingerprint density at radius 2 is 2.11 bits per heavy atom. The van der Waals surface area contributed by atoms with Crippen molar-refractivity contribution in [3.63, 3.8) is 0 Å². The molecule has 3 nitrogen and oxygen atoms in total. The highest BCUT2D eigenvalue weighted by Crippen LogP contribution is 2.24. The van der Waals surface area contributed by atoms with E-state index in [1.165, 1.54) is 0 Å². The number of aryl methyl sites for hydroxylation is 1. The fourth-order valence-corrected chi connectivity index (χ4v) is 1.75. The first-order valence-electron chi connectivity index (χ1n) is 5.90. The summed E-state index contributed by atoms with van der Waals surface area (Å²) >= 11 is 6.02. The minimum absolute atomic E-state index is 0. The van der Waals surface area contributed by atoms with Crippen LogP contribution in [-0.4, -0.2) is 19.0 Å². The van der Waals surface area contributed by atoms with Gasteiger partial charge in [0.05, 0.1) is 17.3 Å². The van der Waals surface area contributed by atoms with Crippen molar-refractivity contribution in [1.82, 2.24) is 5.32 Å². The topological polar surface area (TPSA) is 41.1 Å². The van der Waals surface area contributed by atoms with Crippen LogP contribution in [0.3, 0.4) is 0 Å². The molecule has 0 heterocycles. The van der Waals surface area contributed by atoms with E-state index in [1.54, 1.807) is 6.07 Å². The van der Waals surface area contributed by atoms with E-state index in [0.717, 1.165) is 24.9 Å². The van der Waals surface area contributed by atoms with Crippen LogP contribution in [0.25, 0.3) is 0 Å². The molecule has 0 radical (unpaired) electrons. The molecule has 1 aromatic carbocycles.